The topological polar surface area (TPSA) is 30.8 Å². The third kappa shape index (κ3) is 1.93. The first kappa shape index (κ1) is 8.53. The SMILES string of the molecule is CCO/N=C1/CCOC1(C)C. The Labute approximate surface area is 67.4 Å². The molecule has 3 heteroatoms. The van der Waals surface area contributed by atoms with E-state index in [1.165, 1.54) is 0 Å². The van der Waals surface area contributed by atoms with Gasteiger partial charge >= 0.3 is 0 Å². The summed E-state index contributed by atoms with van der Waals surface area (Å²) >= 11 is 0. The average Bonchev–Trinajstić information content (AvgIpc) is 2.25. The lowest BCUT2D eigenvalue weighted by Gasteiger charge is -2.16. The Kier molecular flexibility index (Phi) is 2.49. The Morgan fingerprint density at radius 2 is 2.36 bits per heavy atom. The second-order valence-corrected chi connectivity index (χ2v) is 3.06. The van der Waals surface area contributed by atoms with E-state index in [1.807, 2.05) is 20.8 Å². The lowest BCUT2D eigenvalue weighted by molar-refractivity contribution is 0.0646. The van der Waals surface area contributed by atoms with Gasteiger partial charge in [-0.1, -0.05) is 5.16 Å². The van der Waals surface area contributed by atoms with Gasteiger partial charge in [-0.3, -0.25) is 0 Å². The second-order valence-electron chi connectivity index (χ2n) is 3.06. The van der Waals surface area contributed by atoms with E-state index in [1.54, 1.807) is 0 Å². The van der Waals surface area contributed by atoms with E-state index in [-0.39, 0.29) is 5.60 Å². The van der Waals surface area contributed by atoms with E-state index < -0.39 is 0 Å². The van der Waals surface area contributed by atoms with Crippen LogP contribution in [0.2, 0.25) is 0 Å². The molecule has 64 valence electrons. The maximum atomic E-state index is 5.44. The molecule has 0 N–H and O–H groups in total. The molecule has 0 aromatic carbocycles. The largest absolute Gasteiger partial charge is 0.396 e. The van der Waals surface area contributed by atoms with Crippen LogP contribution in [-0.2, 0) is 9.57 Å². The van der Waals surface area contributed by atoms with Crippen LogP contribution in [0.3, 0.4) is 0 Å². The van der Waals surface area contributed by atoms with E-state index >= 15 is 0 Å². The van der Waals surface area contributed by atoms with Crippen molar-refractivity contribution in [2.75, 3.05) is 13.2 Å². The van der Waals surface area contributed by atoms with Crippen LogP contribution < -0.4 is 0 Å². The molecule has 0 amide bonds. The zero-order valence-electron chi connectivity index (χ0n) is 7.39. The Morgan fingerprint density at radius 1 is 1.64 bits per heavy atom. The van der Waals surface area contributed by atoms with Crippen molar-refractivity contribution in [3.8, 4) is 0 Å². The second kappa shape index (κ2) is 3.22. The zero-order valence-corrected chi connectivity index (χ0v) is 7.39. The molecule has 0 unspecified atom stereocenters. The number of oxime groups is 1. The highest BCUT2D eigenvalue weighted by atomic mass is 16.6. The molecule has 0 aromatic heterocycles. The standard InChI is InChI=1S/C8H15NO2/c1-4-11-9-7-5-6-10-8(7,2)3/h4-6H2,1-3H3/b9-7-. The molecule has 1 fully saturated rings. The molecule has 1 aliphatic rings. The lowest BCUT2D eigenvalue weighted by Crippen LogP contribution is -2.27. The first-order valence-electron chi connectivity index (χ1n) is 4.00. The number of hydrogen-bond acceptors (Lipinski definition) is 3. The van der Waals surface area contributed by atoms with Crippen LogP contribution >= 0.6 is 0 Å². The minimum Gasteiger partial charge on any atom is -0.396 e. The molecular formula is C8H15NO2. The number of hydrogen-bond donors (Lipinski definition) is 0. The molecule has 0 bridgehead atoms. The smallest absolute Gasteiger partial charge is 0.114 e. The molecule has 0 radical (unpaired) electrons. The van der Waals surface area contributed by atoms with Gasteiger partial charge in [0, 0.05) is 6.42 Å². The van der Waals surface area contributed by atoms with Crippen molar-refractivity contribution in [1.29, 1.82) is 0 Å². The minimum atomic E-state index is -0.213. The third-order valence-electron chi connectivity index (χ3n) is 1.80. The lowest BCUT2D eigenvalue weighted by atomic mass is 10.0. The molecule has 0 spiro atoms. The van der Waals surface area contributed by atoms with Crippen molar-refractivity contribution in [1.82, 2.24) is 0 Å². The van der Waals surface area contributed by atoms with Crippen LogP contribution in [-0.4, -0.2) is 24.5 Å². The van der Waals surface area contributed by atoms with Crippen molar-refractivity contribution in [2.45, 2.75) is 32.8 Å². The van der Waals surface area contributed by atoms with Crippen molar-refractivity contribution >= 4 is 5.71 Å². The van der Waals surface area contributed by atoms with Crippen LogP contribution in [0.25, 0.3) is 0 Å². The highest BCUT2D eigenvalue weighted by Gasteiger charge is 2.32. The predicted molar refractivity (Wildman–Crippen MR) is 43.7 cm³/mol. The van der Waals surface area contributed by atoms with Gasteiger partial charge in [-0.15, -0.1) is 0 Å². The van der Waals surface area contributed by atoms with Crippen molar-refractivity contribution < 1.29 is 9.57 Å². The molecule has 0 aromatic rings. The van der Waals surface area contributed by atoms with Gasteiger partial charge in [-0.25, -0.2) is 0 Å². The molecule has 1 heterocycles. The predicted octanol–water partition coefficient (Wildman–Crippen LogP) is 1.58. The first-order valence-corrected chi connectivity index (χ1v) is 4.00. The Hall–Kier alpha value is -0.570. The number of nitrogens with zero attached hydrogens (tertiary/aromatic N) is 1. The van der Waals surface area contributed by atoms with Gasteiger partial charge in [0.05, 0.1) is 12.3 Å². The van der Waals surface area contributed by atoms with E-state index in [9.17, 15) is 0 Å². The minimum absolute atomic E-state index is 0.213. The zero-order chi connectivity index (χ0) is 8.32. The molecule has 1 saturated heterocycles. The van der Waals surface area contributed by atoms with Crippen molar-refractivity contribution in [3.63, 3.8) is 0 Å². The molecule has 1 aliphatic heterocycles. The normalized spacial score (nSPS) is 25.9. The fourth-order valence-corrected chi connectivity index (χ4v) is 1.09. The number of rotatable bonds is 2. The van der Waals surface area contributed by atoms with E-state index in [2.05, 4.69) is 5.16 Å². The van der Waals surface area contributed by atoms with Gasteiger partial charge in [0.1, 0.15) is 12.2 Å². The van der Waals surface area contributed by atoms with Crippen LogP contribution in [0, 0.1) is 0 Å². The average molecular weight is 157 g/mol. The van der Waals surface area contributed by atoms with Crippen LogP contribution in [0.5, 0.6) is 0 Å². The van der Waals surface area contributed by atoms with Gasteiger partial charge in [-0.05, 0) is 20.8 Å². The monoisotopic (exact) mass is 157 g/mol. The summed E-state index contributed by atoms with van der Waals surface area (Å²) < 4.78 is 5.44. The van der Waals surface area contributed by atoms with Gasteiger partial charge < -0.3 is 9.57 Å². The van der Waals surface area contributed by atoms with Crippen LogP contribution in [0.4, 0.5) is 0 Å². The Morgan fingerprint density at radius 3 is 2.82 bits per heavy atom. The molecule has 1 rings (SSSR count). The molecular weight excluding hydrogens is 142 g/mol. The van der Waals surface area contributed by atoms with Gasteiger partial charge in [0.15, 0.2) is 0 Å². The fourth-order valence-electron chi connectivity index (χ4n) is 1.09. The summed E-state index contributed by atoms with van der Waals surface area (Å²) in [7, 11) is 0. The maximum Gasteiger partial charge on any atom is 0.114 e. The van der Waals surface area contributed by atoms with Gasteiger partial charge in [-0.2, -0.15) is 0 Å². The molecule has 0 aliphatic carbocycles. The highest BCUT2D eigenvalue weighted by Crippen LogP contribution is 2.21. The summed E-state index contributed by atoms with van der Waals surface area (Å²) in [6, 6.07) is 0. The summed E-state index contributed by atoms with van der Waals surface area (Å²) in [5, 5.41) is 3.99. The number of ether oxygens (including phenoxy) is 1. The van der Waals surface area contributed by atoms with Crippen molar-refractivity contribution in [2.24, 2.45) is 5.16 Å². The molecule has 11 heavy (non-hydrogen) atoms. The van der Waals surface area contributed by atoms with E-state index in [4.69, 9.17) is 9.57 Å². The van der Waals surface area contributed by atoms with Gasteiger partial charge in [0.2, 0.25) is 0 Å². The Bertz CT molecular complexity index is 163. The molecule has 3 nitrogen and oxygen atoms in total. The van der Waals surface area contributed by atoms with Crippen LogP contribution in [0.15, 0.2) is 5.16 Å². The molecule has 0 saturated carbocycles. The summed E-state index contributed by atoms with van der Waals surface area (Å²) in [4.78, 5) is 4.96. The summed E-state index contributed by atoms with van der Waals surface area (Å²) in [6.07, 6.45) is 0.896. The first-order chi connectivity index (χ1) is 5.17. The maximum absolute atomic E-state index is 5.44. The summed E-state index contributed by atoms with van der Waals surface area (Å²) in [5.41, 5.74) is 0.800. The van der Waals surface area contributed by atoms with E-state index in [0.717, 1.165) is 18.7 Å². The van der Waals surface area contributed by atoms with Gasteiger partial charge in [0.25, 0.3) is 0 Å². The third-order valence-corrected chi connectivity index (χ3v) is 1.80. The van der Waals surface area contributed by atoms with Crippen LogP contribution in [0.1, 0.15) is 27.2 Å². The molecule has 0 atom stereocenters. The highest BCUT2D eigenvalue weighted by molar-refractivity contribution is 5.92. The summed E-state index contributed by atoms with van der Waals surface area (Å²) in [6.45, 7) is 7.33. The summed E-state index contributed by atoms with van der Waals surface area (Å²) in [5.74, 6) is 0. The van der Waals surface area contributed by atoms with E-state index in [0.29, 0.717) is 6.61 Å². The fraction of sp³-hybridized carbons (Fsp3) is 0.875. The Balaban J connectivity index is 2.57. The van der Waals surface area contributed by atoms with Crippen molar-refractivity contribution in [3.05, 3.63) is 0 Å². The quantitative estimate of drug-likeness (QED) is 0.570.